The van der Waals surface area contributed by atoms with Gasteiger partial charge in [0, 0.05) is 6.42 Å². The number of carbonyl (C=O) groups excluding carboxylic acids is 2. The van der Waals surface area contributed by atoms with Crippen molar-refractivity contribution < 1.29 is 45.8 Å². The first kappa shape index (κ1) is 29.7. The Kier molecular flexibility index (Phi) is 10.8. The molecule has 0 aromatic carbocycles. The number of nitrogens with one attached hydrogen (secondary N) is 2. The summed E-state index contributed by atoms with van der Waals surface area (Å²) in [6.45, 7) is 0.851. The first-order valence-electron chi connectivity index (χ1n) is 11.2. The number of Topliss-reactive ketones (excluding diaryl/α,β-unsaturated/α-hetero) is 1. The summed E-state index contributed by atoms with van der Waals surface area (Å²) in [5.41, 5.74) is 0. The lowest BCUT2D eigenvalue weighted by Gasteiger charge is -2.29. The molecule has 3 rings (SSSR count). The lowest BCUT2D eigenvalue weighted by Crippen LogP contribution is -2.41. The molecule has 2 fully saturated rings. The molecule has 0 radical (unpaired) electrons. The summed E-state index contributed by atoms with van der Waals surface area (Å²) in [6.07, 6.45) is 0.977. The van der Waals surface area contributed by atoms with Gasteiger partial charge in [-0.3, -0.25) is 14.9 Å². The average molecular weight is 545 g/mol. The zero-order chi connectivity index (χ0) is 26.9. The summed E-state index contributed by atoms with van der Waals surface area (Å²) in [5.74, 6) is -2.65. The van der Waals surface area contributed by atoms with E-state index < -0.39 is 29.2 Å². The lowest BCUT2D eigenvalue weighted by molar-refractivity contribution is -0.192. The van der Waals surface area contributed by atoms with Gasteiger partial charge in [0.1, 0.15) is 5.78 Å². The van der Waals surface area contributed by atoms with Crippen molar-refractivity contribution in [2.45, 2.75) is 69.8 Å². The van der Waals surface area contributed by atoms with E-state index in [1.54, 1.807) is 6.08 Å². The fourth-order valence-electron chi connectivity index (χ4n) is 3.67. The Morgan fingerprint density at radius 3 is 2.22 bits per heavy atom. The number of aliphatic carboxylic acids is 1. The van der Waals surface area contributed by atoms with Gasteiger partial charge in [0.05, 0.1) is 6.04 Å². The molecule has 2 heterocycles. The van der Waals surface area contributed by atoms with Crippen molar-refractivity contribution in [3.8, 4) is 0 Å². The Bertz CT molecular complexity index is 924. The summed E-state index contributed by atoms with van der Waals surface area (Å²) in [5, 5.41) is 17.8. The number of piperidine rings is 1. The maximum atomic E-state index is 12.6. The van der Waals surface area contributed by atoms with Crippen LogP contribution in [-0.4, -0.2) is 51.7 Å². The van der Waals surface area contributed by atoms with E-state index in [1.807, 2.05) is 0 Å². The summed E-state index contributed by atoms with van der Waals surface area (Å²) in [7, 11) is 0. The van der Waals surface area contributed by atoms with Crippen molar-refractivity contribution in [3.05, 3.63) is 17.2 Å². The molecular formula is C21H26F6N4O4S. The minimum Gasteiger partial charge on any atom is -0.475 e. The standard InChI is InChI=1S/C19H25F3N4O2S.C2HF3O2/c20-19(21,22)17-25-26-18(29-17)24-16(28)8-7-13(10-12-4-3-5-12)11-15(27)14-6-1-2-9-23-14;3-2(4,5)1(6)7/h7-8,12-14,23H,1-6,9-11H2,(H,24,26,28);(H,6,7)/b8-7+;/t13-,14+;/m1./s1. The van der Waals surface area contributed by atoms with Crippen LogP contribution in [0.3, 0.4) is 0 Å². The van der Waals surface area contributed by atoms with Crippen molar-refractivity contribution >= 4 is 34.1 Å². The Hall–Kier alpha value is -2.55. The lowest BCUT2D eigenvalue weighted by atomic mass is 9.77. The molecule has 1 saturated heterocycles. The quantitative estimate of drug-likeness (QED) is 0.323. The van der Waals surface area contributed by atoms with Crippen molar-refractivity contribution in [1.82, 2.24) is 15.5 Å². The molecule has 1 aliphatic carbocycles. The number of anilines is 1. The van der Waals surface area contributed by atoms with Crippen LogP contribution in [0.25, 0.3) is 0 Å². The normalized spacial score (nSPS) is 19.7. The largest absolute Gasteiger partial charge is 0.490 e. The summed E-state index contributed by atoms with van der Waals surface area (Å²) >= 11 is 0.280. The highest BCUT2D eigenvalue weighted by atomic mass is 32.1. The second-order valence-electron chi connectivity index (χ2n) is 8.53. The fraction of sp³-hybridized carbons (Fsp3) is 0.667. The molecule has 1 aromatic rings. The predicted molar refractivity (Wildman–Crippen MR) is 117 cm³/mol. The van der Waals surface area contributed by atoms with Crippen LogP contribution in [-0.2, 0) is 20.6 Å². The molecule has 1 aliphatic heterocycles. The third-order valence-electron chi connectivity index (χ3n) is 5.68. The van der Waals surface area contributed by atoms with Gasteiger partial charge in [-0.1, -0.05) is 43.1 Å². The number of carboxylic acids is 1. The summed E-state index contributed by atoms with van der Waals surface area (Å²) in [4.78, 5) is 33.6. The number of carbonyl (C=O) groups is 3. The SMILES string of the molecule is O=C(/C=C/[C@@H](CC(=O)[C@@H]1CCCCN1)CC1CCC1)Nc1nnc(C(F)(F)F)s1.O=C(O)C(F)(F)F. The van der Waals surface area contributed by atoms with E-state index in [1.165, 1.54) is 12.5 Å². The number of hydrogen-bond donors (Lipinski definition) is 3. The number of nitrogens with zero attached hydrogens (tertiary/aromatic N) is 2. The Labute approximate surface area is 206 Å². The third kappa shape index (κ3) is 10.2. The van der Waals surface area contributed by atoms with Gasteiger partial charge < -0.3 is 10.4 Å². The van der Waals surface area contributed by atoms with Crippen LogP contribution in [0.1, 0.15) is 56.4 Å². The van der Waals surface area contributed by atoms with Crippen LogP contribution in [0.2, 0.25) is 0 Å². The van der Waals surface area contributed by atoms with E-state index in [4.69, 9.17) is 9.90 Å². The number of allylic oxidation sites excluding steroid dienone is 1. The molecule has 0 bridgehead atoms. The van der Waals surface area contributed by atoms with Crippen molar-refractivity contribution in [2.75, 3.05) is 11.9 Å². The monoisotopic (exact) mass is 544 g/mol. The van der Waals surface area contributed by atoms with E-state index in [2.05, 4.69) is 20.8 Å². The Morgan fingerprint density at radius 2 is 1.75 bits per heavy atom. The molecule has 1 saturated carbocycles. The molecule has 2 aliphatic rings. The van der Waals surface area contributed by atoms with Gasteiger partial charge in [0.15, 0.2) is 0 Å². The topological polar surface area (TPSA) is 121 Å². The number of carboxylic acid groups (broad SMARTS) is 1. The molecule has 3 N–H and O–H groups in total. The zero-order valence-corrected chi connectivity index (χ0v) is 19.8. The van der Waals surface area contributed by atoms with Gasteiger partial charge >= 0.3 is 18.3 Å². The molecule has 36 heavy (non-hydrogen) atoms. The molecule has 0 unspecified atom stereocenters. The van der Waals surface area contributed by atoms with E-state index >= 15 is 0 Å². The van der Waals surface area contributed by atoms with Crippen LogP contribution in [0.5, 0.6) is 0 Å². The van der Waals surface area contributed by atoms with Crippen molar-refractivity contribution in [1.29, 1.82) is 0 Å². The van der Waals surface area contributed by atoms with Crippen molar-refractivity contribution in [3.63, 3.8) is 0 Å². The number of amides is 1. The summed E-state index contributed by atoms with van der Waals surface area (Å²) in [6, 6.07) is -0.114. The average Bonchev–Trinajstić information content (AvgIpc) is 3.23. The second-order valence-corrected chi connectivity index (χ2v) is 9.50. The molecule has 15 heteroatoms. The van der Waals surface area contributed by atoms with Crippen LogP contribution < -0.4 is 10.6 Å². The van der Waals surface area contributed by atoms with E-state index in [9.17, 15) is 35.9 Å². The highest BCUT2D eigenvalue weighted by Crippen LogP contribution is 2.35. The van der Waals surface area contributed by atoms with Crippen LogP contribution in [0.4, 0.5) is 31.5 Å². The smallest absolute Gasteiger partial charge is 0.475 e. The molecule has 0 spiro atoms. The Balaban J connectivity index is 0.000000572. The minimum absolute atomic E-state index is 0.0533. The highest BCUT2D eigenvalue weighted by Gasteiger charge is 2.38. The first-order chi connectivity index (χ1) is 16.8. The molecule has 2 atom stereocenters. The third-order valence-corrected chi connectivity index (χ3v) is 6.57. The van der Waals surface area contributed by atoms with Crippen LogP contribution in [0.15, 0.2) is 12.2 Å². The number of rotatable bonds is 8. The van der Waals surface area contributed by atoms with E-state index in [-0.39, 0.29) is 34.2 Å². The molecule has 8 nitrogen and oxygen atoms in total. The van der Waals surface area contributed by atoms with E-state index in [0.29, 0.717) is 12.3 Å². The molecular weight excluding hydrogens is 518 g/mol. The van der Waals surface area contributed by atoms with Gasteiger partial charge in [-0.05, 0) is 43.7 Å². The molecule has 202 valence electrons. The predicted octanol–water partition coefficient (Wildman–Crippen LogP) is 4.59. The van der Waals surface area contributed by atoms with Gasteiger partial charge in [0.25, 0.3) is 0 Å². The van der Waals surface area contributed by atoms with Gasteiger partial charge in [0.2, 0.25) is 16.0 Å². The van der Waals surface area contributed by atoms with Crippen LogP contribution in [0, 0.1) is 11.8 Å². The first-order valence-corrected chi connectivity index (χ1v) is 12.0. The number of hydrogen-bond acceptors (Lipinski definition) is 7. The Morgan fingerprint density at radius 1 is 1.08 bits per heavy atom. The second kappa shape index (κ2) is 13.1. The molecule has 1 aromatic heterocycles. The fourth-order valence-corrected chi connectivity index (χ4v) is 4.29. The number of halogens is 6. The van der Waals surface area contributed by atoms with E-state index in [0.717, 1.165) is 45.1 Å². The maximum Gasteiger partial charge on any atom is 0.490 e. The van der Waals surface area contributed by atoms with Crippen molar-refractivity contribution in [2.24, 2.45) is 11.8 Å². The highest BCUT2D eigenvalue weighted by molar-refractivity contribution is 7.15. The molecule has 1 amide bonds. The number of ketones is 1. The summed E-state index contributed by atoms with van der Waals surface area (Å²) < 4.78 is 69.5. The van der Waals surface area contributed by atoms with Gasteiger partial charge in [-0.25, -0.2) is 4.79 Å². The zero-order valence-electron chi connectivity index (χ0n) is 19.0. The van der Waals surface area contributed by atoms with Crippen LogP contribution >= 0.6 is 11.3 Å². The van der Waals surface area contributed by atoms with Gasteiger partial charge in [-0.15, -0.1) is 10.2 Å². The minimum atomic E-state index is -5.08. The van der Waals surface area contributed by atoms with Gasteiger partial charge in [-0.2, -0.15) is 26.3 Å². The number of alkyl halides is 6. The maximum absolute atomic E-state index is 12.6. The number of aromatic nitrogens is 2.